The highest BCUT2D eigenvalue weighted by molar-refractivity contribution is 7.15. The highest BCUT2D eigenvalue weighted by Crippen LogP contribution is 2.24. The number of benzene rings is 2. The molecule has 3 rings (SSSR count). The Hall–Kier alpha value is -2.26. The summed E-state index contributed by atoms with van der Waals surface area (Å²) in [7, 11) is 0. The van der Waals surface area contributed by atoms with Crippen LogP contribution in [0.3, 0.4) is 0 Å². The molecule has 2 aromatic carbocycles. The monoisotopic (exact) mass is 264 g/mol. The van der Waals surface area contributed by atoms with Crippen molar-refractivity contribution in [2.24, 2.45) is 0 Å². The van der Waals surface area contributed by atoms with Gasteiger partial charge in [-0.25, -0.2) is 0 Å². The second-order valence-electron chi connectivity index (χ2n) is 4.06. The van der Waals surface area contributed by atoms with Crippen molar-refractivity contribution in [3.05, 3.63) is 71.2 Å². The van der Waals surface area contributed by atoms with E-state index < -0.39 is 0 Å². The molecule has 0 bridgehead atoms. The van der Waals surface area contributed by atoms with Crippen molar-refractivity contribution in [1.82, 2.24) is 10.2 Å². The molecule has 0 spiro atoms. The van der Waals surface area contributed by atoms with Crippen LogP contribution in [0.15, 0.2) is 60.7 Å². The summed E-state index contributed by atoms with van der Waals surface area (Å²) >= 11 is 1.60. The van der Waals surface area contributed by atoms with Crippen LogP contribution in [0.4, 0.5) is 0 Å². The van der Waals surface area contributed by atoms with Crippen LogP contribution >= 0.6 is 11.3 Å². The van der Waals surface area contributed by atoms with E-state index in [1.807, 2.05) is 54.6 Å². The average molecular weight is 264 g/mol. The predicted octanol–water partition coefficient (Wildman–Crippen LogP) is 4.38. The van der Waals surface area contributed by atoms with E-state index >= 15 is 0 Å². The second kappa shape index (κ2) is 5.59. The van der Waals surface area contributed by atoms with Crippen molar-refractivity contribution in [1.29, 1.82) is 0 Å². The Labute approximate surface area is 116 Å². The Bertz CT molecular complexity index is 672. The third kappa shape index (κ3) is 2.95. The molecule has 1 heterocycles. The summed E-state index contributed by atoms with van der Waals surface area (Å²) in [5.41, 5.74) is 2.28. The molecule has 0 unspecified atom stereocenters. The molecule has 1 aromatic heterocycles. The maximum atomic E-state index is 4.22. The molecule has 3 heteroatoms. The van der Waals surface area contributed by atoms with Crippen molar-refractivity contribution in [3.8, 4) is 10.6 Å². The first kappa shape index (κ1) is 11.8. The lowest BCUT2D eigenvalue weighted by molar-refractivity contribution is 1.08. The van der Waals surface area contributed by atoms with Gasteiger partial charge in [0.2, 0.25) is 0 Å². The van der Waals surface area contributed by atoms with Gasteiger partial charge >= 0.3 is 0 Å². The van der Waals surface area contributed by atoms with E-state index in [-0.39, 0.29) is 0 Å². The average Bonchev–Trinajstić information content (AvgIpc) is 2.96. The zero-order chi connectivity index (χ0) is 12.9. The number of hydrogen-bond donors (Lipinski definition) is 0. The lowest BCUT2D eigenvalue weighted by Gasteiger charge is -1.91. The van der Waals surface area contributed by atoms with Gasteiger partial charge in [-0.1, -0.05) is 78.1 Å². The predicted molar refractivity (Wildman–Crippen MR) is 80.7 cm³/mol. The Morgan fingerprint density at radius 3 is 2.16 bits per heavy atom. The molecule has 92 valence electrons. The van der Waals surface area contributed by atoms with Gasteiger partial charge in [-0.3, -0.25) is 0 Å². The van der Waals surface area contributed by atoms with Gasteiger partial charge < -0.3 is 0 Å². The third-order valence-corrected chi connectivity index (χ3v) is 3.62. The van der Waals surface area contributed by atoms with Crippen LogP contribution in [-0.2, 0) is 0 Å². The van der Waals surface area contributed by atoms with Gasteiger partial charge in [0, 0.05) is 5.56 Å². The minimum atomic E-state index is 0.919. The van der Waals surface area contributed by atoms with E-state index in [1.54, 1.807) is 11.3 Å². The molecular weight excluding hydrogens is 252 g/mol. The molecule has 0 atom stereocenters. The standard InChI is InChI=1S/C16H12N2S/c1-3-7-13(8-4-1)11-12-15-17-18-16(19-15)14-9-5-2-6-10-14/h1-12H/b12-11+. The molecule has 3 aromatic rings. The van der Waals surface area contributed by atoms with Crippen LogP contribution in [0.1, 0.15) is 10.6 Å². The van der Waals surface area contributed by atoms with Crippen LogP contribution in [0, 0.1) is 0 Å². The molecule has 0 aliphatic heterocycles. The smallest absolute Gasteiger partial charge is 0.139 e. The molecule has 2 nitrogen and oxygen atoms in total. The molecule has 0 aliphatic carbocycles. The number of nitrogens with zero attached hydrogens (tertiary/aromatic N) is 2. The minimum absolute atomic E-state index is 0.919. The van der Waals surface area contributed by atoms with E-state index in [0.717, 1.165) is 15.6 Å². The summed E-state index contributed by atoms with van der Waals surface area (Å²) in [4.78, 5) is 0. The Morgan fingerprint density at radius 1 is 0.737 bits per heavy atom. The molecule has 0 aliphatic rings. The fourth-order valence-electron chi connectivity index (χ4n) is 1.73. The maximum Gasteiger partial charge on any atom is 0.148 e. The molecule has 0 amide bonds. The quantitative estimate of drug-likeness (QED) is 0.701. The number of rotatable bonds is 3. The summed E-state index contributed by atoms with van der Waals surface area (Å²) in [6.45, 7) is 0. The highest BCUT2D eigenvalue weighted by Gasteiger charge is 2.03. The largest absolute Gasteiger partial charge is 0.148 e. The summed E-state index contributed by atoms with van der Waals surface area (Å²) in [6.07, 6.45) is 4.05. The Balaban J connectivity index is 1.81. The first-order chi connectivity index (χ1) is 9.42. The summed E-state index contributed by atoms with van der Waals surface area (Å²) < 4.78 is 0. The van der Waals surface area contributed by atoms with Gasteiger partial charge in [-0.05, 0) is 11.6 Å². The van der Waals surface area contributed by atoms with E-state index in [0.29, 0.717) is 0 Å². The van der Waals surface area contributed by atoms with Gasteiger partial charge in [0.15, 0.2) is 0 Å². The van der Waals surface area contributed by atoms with Crippen molar-refractivity contribution >= 4 is 23.5 Å². The lowest BCUT2D eigenvalue weighted by Crippen LogP contribution is -1.75. The number of aromatic nitrogens is 2. The van der Waals surface area contributed by atoms with E-state index in [4.69, 9.17) is 0 Å². The van der Waals surface area contributed by atoms with E-state index in [9.17, 15) is 0 Å². The second-order valence-corrected chi connectivity index (χ2v) is 5.06. The fourth-order valence-corrected chi connectivity index (χ4v) is 2.48. The SMILES string of the molecule is C(=C\c1nnc(-c2ccccc2)s1)/c1ccccc1. The molecule has 0 saturated carbocycles. The van der Waals surface area contributed by atoms with E-state index in [1.165, 1.54) is 5.56 Å². The summed E-state index contributed by atoms with van der Waals surface area (Å²) in [5.74, 6) is 0. The maximum absolute atomic E-state index is 4.22. The summed E-state index contributed by atoms with van der Waals surface area (Å²) in [6, 6.07) is 20.3. The van der Waals surface area contributed by atoms with Crippen LogP contribution in [0.5, 0.6) is 0 Å². The van der Waals surface area contributed by atoms with Gasteiger partial charge in [0.1, 0.15) is 10.0 Å². The molecular formula is C16H12N2S. The molecule has 0 fully saturated rings. The van der Waals surface area contributed by atoms with Crippen molar-refractivity contribution in [3.63, 3.8) is 0 Å². The fraction of sp³-hybridized carbons (Fsp3) is 0. The van der Waals surface area contributed by atoms with Crippen LogP contribution in [0.25, 0.3) is 22.7 Å². The van der Waals surface area contributed by atoms with E-state index in [2.05, 4.69) is 28.4 Å². The van der Waals surface area contributed by atoms with Gasteiger partial charge in [0.05, 0.1) is 0 Å². The highest BCUT2D eigenvalue weighted by atomic mass is 32.1. The topological polar surface area (TPSA) is 25.8 Å². The zero-order valence-electron chi connectivity index (χ0n) is 10.2. The normalized spacial score (nSPS) is 10.9. The summed E-state index contributed by atoms with van der Waals surface area (Å²) in [5, 5.41) is 10.3. The van der Waals surface area contributed by atoms with Crippen molar-refractivity contribution in [2.45, 2.75) is 0 Å². The lowest BCUT2D eigenvalue weighted by atomic mass is 10.2. The number of hydrogen-bond acceptors (Lipinski definition) is 3. The first-order valence-corrected chi connectivity index (χ1v) is 6.85. The van der Waals surface area contributed by atoms with Gasteiger partial charge in [0.25, 0.3) is 0 Å². The molecule has 0 radical (unpaired) electrons. The Morgan fingerprint density at radius 2 is 1.42 bits per heavy atom. The minimum Gasteiger partial charge on any atom is -0.139 e. The molecule has 0 N–H and O–H groups in total. The van der Waals surface area contributed by atoms with Crippen LogP contribution in [-0.4, -0.2) is 10.2 Å². The van der Waals surface area contributed by atoms with Crippen molar-refractivity contribution < 1.29 is 0 Å². The molecule has 19 heavy (non-hydrogen) atoms. The Kier molecular flexibility index (Phi) is 3.47. The van der Waals surface area contributed by atoms with Crippen molar-refractivity contribution in [2.75, 3.05) is 0 Å². The third-order valence-electron chi connectivity index (χ3n) is 2.68. The molecule has 0 saturated heterocycles. The first-order valence-electron chi connectivity index (χ1n) is 6.04. The zero-order valence-corrected chi connectivity index (χ0v) is 11.0. The van der Waals surface area contributed by atoms with Gasteiger partial charge in [-0.2, -0.15) is 0 Å². The van der Waals surface area contributed by atoms with Gasteiger partial charge in [-0.15, -0.1) is 10.2 Å². The van der Waals surface area contributed by atoms with Crippen LogP contribution < -0.4 is 0 Å². The van der Waals surface area contributed by atoms with Crippen LogP contribution in [0.2, 0.25) is 0 Å².